The van der Waals surface area contributed by atoms with Crippen molar-refractivity contribution in [3.05, 3.63) is 116 Å². The molecule has 0 amide bonds. The summed E-state index contributed by atoms with van der Waals surface area (Å²) in [5.41, 5.74) is 6.65. The third kappa shape index (κ3) is 7.60. The number of ether oxygens (including phenoxy) is 4. The van der Waals surface area contributed by atoms with Gasteiger partial charge < -0.3 is 29.4 Å². The minimum absolute atomic E-state index is 0.0499. The van der Waals surface area contributed by atoms with Crippen molar-refractivity contribution in [2.45, 2.75) is 59.9 Å². The number of piperazine rings is 1. The average molecular weight is 695 g/mol. The number of benzene rings is 4. The predicted molar refractivity (Wildman–Crippen MR) is 199 cm³/mol. The fourth-order valence-corrected chi connectivity index (χ4v) is 7.50. The summed E-state index contributed by atoms with van der Waals surface area (Å²) < 4.78 is 23.7. The first-order chi connectivity index (χ1) is 24.5. The summed E-state index contributed by atoms with van der Waals surface area (Å²) in [5, 5.41) is 13.4. The highest BCUT2D eigenvalue weighted by Gasteiger charge is 2.32. The number of rotatable bonds is 13. The Bertz CT molecular complexity index is 1840. The minimum atomic E-state index is -1.11. The van der Waals surface area contributed by atoms with Gasteiger partial charge in [-0.05, 0) is 81.3 Å². The van der Waals surface area contributed by atoms with Crippen molar-refractivity contribution in [2.24, 2.45) is 0 Å². The summed E-state index contributed by atoms with van der Waals surface area (Å²) in [6.07, 6.45) is 0.822. The summed E-state index contributed by atoms with van der Waals surface area (Å²) in [5.74, 6) is 0.0332. The second-order valence-electron chi connectivity index (χ2n) is 13.2. The summed E-state index contributed by atoms with van der Waals surface area (Å²) in [6, 6.07) is 21.8. The summed E-state index contributed by atoms with van der Waals surface area (Å²) in [6.45, 7) is 15.0. The number of nitrogens with one attached hydrogen (secondary N) is 1. The van der Waals surface area contributed by atoms with E-state index in [0.29, 0.717) is 51.5 Å². The zero-order chi connectivity index (χ0) is 36.8. The van der Waals surface area contributed by atoms with Gasteiger partial charge in [0.15, 0.2) is 0 Å². The first-order valence-electron chi connectivity index (χ1n) is 17.5. The lowest BCUT2D eigenvalue weighted by Crippen LogP contribution is -2.54. The molecule has 270 valence electrons. The topological polar surface area (TPSA) is 107 Å². The van der Waals surface area contributed by atoms with Gasteiger partial charge in [0, 0.05) is 49.3 Å². The molecule has 51 heavy (non-hydrogen) atoms. The van der Waals surface area contributed by atoms with Crippen LogP contribution < -0.4 is 24.3 Å². The molecule has 9 heteroatoms. The Labute approximate surface area is 301 Å². The molecular formula is C42H50N2O7. The van der Waals surface area contributed by atoms with Gasteiger partial charge in [-0.15, -0.1) is 0 Å². The standard InChI is InChI=1S/C42H50N2O7/c1-25-28(4)38(30(6)39(48-7)34(25)41(45)46)51-42(47)35-26(2)27(3)37(29(5)40(35)49-8)50-23-15-21-44-22-20-43-24-33(44)36(31-16-11-9-12-17-31)32-18-13-10-14-19-32/h9-14,16-19,33,36,43H,15,20-24H2,1-8H3,(H,45,46). The maximum absolute atomic E-state index is 13.9. The molecule has 4 aromatic carbocycles. The number of aromatic carboxylic acids is 1. The van der Waals surface area contributed by atoms with Gasteiger partial charge in [0.1, 0.15) is 34.1 Å². The normalized spacial score (nSPS) is 14.7. The molecule has 0 radical (unpaired) electrons. The molecule has 1 heterocycles. The Morgan fingerprint density at radius 3 is 1.84 bits per heavy atom. The first-order valence-corrected chi connectivity index (χ1v) is 17.5. The third-order valence-corrected chi connectivity index (χ3v) is 10.3. The summed E-state index contributed by atoms with van der Waals surface area (Å²) >= 11 is 0. The first kappa shape index (κ1) is 37.4. The summed E-state index contributed by atoms with van der Waals surface area (Å²) in [7, 11) is 2.94. The zero-order valence-electron chi connectivity index (χ0n) is 31.0. The number of carboxylic acid groups (broad SMARTS) is 1. The average Bonchev–Trinajstić information content (AvgIpc) is 3.13. The van der Waals surface area contributed by atoms with Crippen molar-refractivity contribution in [1.82, 2.24) is 10.2 Å². The van der Waals surface area contributed by atoms with Gasteiger partial charge in [0.2, 0.25) is 0 Å². The monoisotopic (exact) mass is 694 g/mol. The van der Waals surface area contributed by atoms with Crippen LogP contribution in [-0.4, -0.2) is 75.0 Å². The molecule has 1 aliphatic rings. The van der Waals surface area contributed by atoms with Gasteiger partial charge in [0.25, 0.3) is 0 Å². The van der Waals surface area contributed by atoms with Crippen molar-refractivity contribution < 1.29 is 33.6 Å². The van der Waals surface area contributed by atoms with Gasteiger partial charge in [-0.2, -0.15) is 0 Å². The van der Waals surface area contributed by atoms with Crippen LogP contribution in [0.25, 0.3) is 0 Å². The van der Waals surface area contributed by atoms with Crippen LogP contribution >= 0.6 is 0 Å². The molecule has 0 aromatic heterocycles. The molecule has 0 spiro atoms. The van der Waals surface area contributed by atoms with Gasteiger partial charge in [-0.3, -0.25) is 4.90 Å². The highest BCUT2D eigenvalue weighted by Crippen LogP contribution is 2.42. The second kappa shape index (κ2) is 16.4. The highest BCUT2D eigenvalue weighted by molar-refractivity contribution is 5.98. The van der Waals surface area contributed by atoms with Crippen molar-refractivity contribution in [1.29, 1.82) is 0 Å². The lowest BCUT2D eigenvalue weighted by molar-refractivity contribution is 0.0692. The van der Waals surface area contributed by atoms with Crippen molar-refractivity contribution in [3.8, 4) is 23.0 Å². The van der Waals surface area contributed by atoms with E-state index in [1.165, 1.54) is 25.3 Å². The Balaban J connectivity index is 1.34. The largest absolute Gasteiger partial charge is 0.495 e. The molecule has 1 aliphatic heterocycles. The zero-order valence-corrected chi connectivity index (χ0v) is 31.0. The van der Waals surface area contributed by atoms with Gasteiger partial charge >= 0.3 is 11.9 Å². The van der Waals surface area contributed by atoms with E-state index in [1.54, 1.807) is 20.8 Å². The lowest BCUT2D eigenvalue weighted by atomic mass is 9.83. The van der Waals surface area contributed by atoms with E-state index in [9.17, 15) is 14.7 Å². The molecule has 1 atom stereocenters. The van der Waals surface area contributed by atoms with Crippen LogP contribution in [0.5, 0.6) is 23.0 Å². The molecule has 0 aliphatic carbocycles. The molecule has 0 bridgehead atoms. The maximum atomic E-state index is 13.9. The van der Waals surface area contributed by atoms with Gasteiger partial charge in [0.05, 0.1) is 20.8 Å². The predicted octanol–water partition coefficient (Wildman–Crippen LogP) is 7.35. The number of hydrogen-bond donors (Lipinski definition) is 2. The van der Waals surface area contributed by atoms with E-state index in [2.05, 4.69) is 70.9 Å². The number of nitrogens with zero attached hydrogens (tertiary/aromatic N) is 1. The van der Waals surface area contributed by atoms with Crippen LogP contribution in [0.3, 0.4) is 0 Å². The summed E-state index contributed by atoms with van der Waals surface area (Å²) in [4.78, 5) is 28.5. The quantitative estimate of drug-likeness (QED) is 0.0845. The van der Waals surface area contributed by atoms with Crippen LogP contribution in [0.1, 0.15) is 77.6 Å². The molecule has 2 N–H and O–H groups in total. The molecule has 1 unspecified atom stereocenters. The molecule has 1 fully saturated rings. The Hall–Kier alpha value is -4.86. The van der Waals surface area contributed by atoms with Crippen LogP contribution in [0.15, 0.2) is 60.7 Å². The molecule has 9 nitrogen and oxygen atoms in total. The molecule has 4 aromatic rings. The number of carbonyl (C=O) groups is 2. The van der Waals surface area contributed by atoms with E-state index >= 15 is 0 Å². The fourth-order valence-electron chi connectivity index (χ4n) is 7.50. The van der Waals surface area contributed by atoms with Gasteiger partial charge in [-0.1, -0.05) is 60.7 Å². The van der Waals surface area contributed by atoms with Crippen LogP contribution in [-0.2, 0) is 0 Å². The van der Waals surface area contributed by atoms with Crippen LogP contribution in [0.4, 0.5) is 0 Å². The van der Waals surface area contributed by atoms with E-state index in [1.807, 2.05) is 20.8 Å². The van der Waals surface area contributed by atoms with Crippen molar-refractivity contribution in [2.75, 3.05) is 47.0 Å². The molecule has 5 rings (SSSR count). The van der Waals surface area contributed by atoms with E-state index < -0.39 is 11.9 Å². The number of esters is 1. The number of carbonyl (C=O) groups excluding carboxylic acids is 1. The fraction of sp³-hybridized carbons (Fsp3) is 0.381. The second-order valence-corrected chi connectivity index (χ2v) is 13.2. The van der Waals surface area contributed by atoms with E-state index in [0.717, 1.165) is 38.2 Å². The third-order valence-electron chi connectivity index (χ3n) is 10.3. The van der Waals surface area contributed by atoms with E-state index in [4.69, 9.17) is 18.9 Å². The van der Waals surface area contributed by atoms with Crippen molar-refractivity contribution >= 4 is 11.9 Å². The highest BCUT2D eigenvalue weighted by atomic mass is 16.5. The molecule has 1 saturated heterocycles. The number of carboxylic acids is 1. The van der Waals surface area contributed by atoms with Crippen LogP contribution in [0, 0.1) is 41.5 Å². The van der Waals surface area contributed by atoms with E-state index in [-0.39, 0.29) is 29.0 Å². The number of hydrogen-bond acceptors (Lipinski definition) is 8. The Morgan fingerprint density at radius 2 is 1.27 bits per heavy atom. The number of methoxy groups -OCH3 is 2. The Kier molecular flexibility index (Phi) is 12.1. The molecular weight excluding hydrogens is 644 g/mol. The van der Waals surface area contributed by atoms with Gasteiger partial charge in [-0.25, -0.2) is 9.59 Å². The smallest absolute Gasteiger partial charge is 0.347 e. The lowest BCUT2D eigenvalue weighted by Gasteiger charge is -2.41. The SMILES string of the molecule is COc1c(C)c(OC(=O)c2c(C)c(C)c(OCCCN3CCNCC3C(c3ccccc3)c3ccccc3)c(C)c2OC)c(C)c(C)c1C(=O)O. The van der Waals surface area contributed by atoms with Crippen LogP contribution in [0.2, 0.25) is 0 Å². The van der Waals surface area contributed by atoms with Crippen molar-refractivity contribution in [3.63, 3.8) is 0 Å². The molecule has 0 saturated carbocycles. The maximum Gasteiger partial charge on any atom is 0.347 e. The minimum Gasteiger partial charge on any atom is -0.495 e. The Morgan fingerprint density at radius 1 is 0.745 bits per heavy atom.